The molecule has 0 bridgehead atoms. The highest BCUT2D eigenvalue weighted by Crippen LogP contribution is 2.44. The smallest absolute Gasteiger partial charge is 0.276 e. The van der Waals surface area contributed by atoms with Gasteiger partial charge in [-0.05, 0) is 44.7 Å². The predicted octanol–water partition coefficient (Wildman–Crippen LogP) is 4.86. The standard InChI is InChI=1S/C26H33N3O/c1-7-21-12-17(2)13-22(14-21)26(10-8-9-11-26)15-23-27-25(30)19(4)24-20(5)28(6)18(3)16-29(23)24/h7,12-14,18H,1,5,8-11,15-16H2,2-4,6H3. The van der Waals surface area contributed by atoms with Crippen LogP contribution >= 0.6 is 0 Å². The van der Waals surface area contributed by atoms with E-state index in [1.807, 2.05) is 13.0 Å². The summed E-state index contributed by atoms with van der Waals surface area (Å²) in [4.78, 5) is 19.6. The summed E-state index contributed by atoms with van der Waals surface area (Å²) in [5.41, 5.74) is 6.25. The summed E-state index contributed by atoms with van der Waals surface area (Å²) in [7, 11) is 2.06. The van der Waals surface area contributed by atoms with Crippen LogP contribution in [0, 0.1) is 13.8 Å². The highest BCUT2D eigenvalue weighted by molar-refractivity contribution is 5.63. The van der Waals surface area contributed by atoms with E-state index in [1.165, 1.54) is 24.0 Å². The van der Waals surface area contributed by atoms with Gasteiger partial charge in [-0.15, -0.1) is 0 Å². The second-order valence-corrected chi connectivity index (χ2v) is 9.32. The molecule has 4 rings (SSSR count). The highest BCUT2D eigenvalue weighted by atomic mass is 16.1. The summed E-state index contributed by atoms with van der Waals surface area (Å²) in [6, 6.07) is 7.09. The maximum Gasteiger partial charge on any atom is 0.276 e. The number of benzene rings is 1. The average molecular weight is 404 g/mol. The summed E-state index contributed by atoms with van der Waals surface area (Å²) in [5, 5.41) is 0. The van der Waals surface area contributed by atoms with E-state index >= 15 is 0 Å². The van der Waals surface area contributed by atoms with E-state index < -0.39 is 0 Å². The number of hydrogen-bond acceptors (Lipinski definition) is 3. The first kappa shape index (κ1) is 20.6. The Morgan fingerprint density at radius 3 is 2.60 bits per heavy atom. The Balaban J connectivity index is 1.86. The second kappa shape index (κ2) is 7.57. The number of aryl methyl sites for hydroxylation is 1. The molecule has 1 aromatic carbocycles. The Morgan fingerprint density at radius 2 is 1.93 bits per heavy atom. The Bertz CT molecular complexity index is 1070. The van der Waals surface area contributed by atoms with Crippen LogP contribution < -0.4 is 5.56 Å². The van der Waals surface area contributed by atoms with E-state index in [4.69, 9.17) is 0 Å². The van der Waals surface area contributed by atoms with Crippen LogP contribution in [0.1, 0.15) is 66.4 Å². The summed E-state index contributed by atoms with van der Waals surface area (Å²) in [6.45, 7) is 15.3. The third kappa shape index (κ3) is 3.32. The molecule has 1 aliphatic carbocycles. The van der Waals surface area contributed by atoms with Gasteiger partial charge in [0.25, 0.3) is 5.56 Å². The minimum atomic E-state index is -0.121. The molecule has 0 saturated heterocycles. The minimum Gasteiger partial charge on any atom is -0.369 e. The van der Waals surface area contributed by atoms with Crippen LogP contribution in [0.15, 0.2) is 36.2 Å². The van der Waals surface area contributed by atoms with Crippen LogP contribution in [0.25, 0.3) is 11.8 Å². The zero-order valence-corrected chi connectivity index (χ0v) is 18.8. The van der Waals surface area contributed by atoms with Crippen molar-refractivity contribution >= 4 is 11.8 Å². The molecule has 0 radical (unpaired) electrons. The highest BCUT2D eigenvalue weighted by Gasteiger charge is 2.38. The quantitative estimate of drug-likeness (QED) is 0.731. The van der Waals surface area contributed by atoms with Crippen molar-refractivity contribution in [3.05, 3.63) is 75.5 Å². The van der Waals surface area contributed by atoms with E-state index in [9.17, 15) is 4.79 Å². The molecule has 0 amide bonds. The maximum absolute atomic E-state index is 12.8. The number of aromatic nitrogens is 2. The van der Waals surface area contributed by atoms with Crippen molar-refractivity contribution < 1.29 is 0 Å². The maximum atomic E-state index is 12.8. The molecule has 2 heterocycles. The molecule has 4 heteroatoms. The normalized spacial score (nSPS) is 20.3. The van der Waals surface area contributed by atoms with Crippen molar-refractivity contribution in [1.82, 2.24) is 14.5 Å². The van der Waals surface area contributed by atoms with Gasteiger partial charge in [0.05, 0.1) is 11.4 Å². The Hall–Kier alpha value is -2.62. The molecule has 2 aliphatic rings. The Labute approximate surface area is 180 Å². The van der Waals surface area contributed by atoms with Gasteiger partial charge in [-0.25, -0.2) is 0 Å². The fraction of sp³-hybridized carbons (Fsp3) is 0.462. The number of likely N-dealkylation sites (N-methyl/N-ethyl adjacent to an activating group) is 1. The number of hydrogen-bond donors (Lipinski definition) is 0. The van der Waals surface area contributed by atoms with Gasteiger partial charge >= 0.3 is 0 Å². The van der Waals surface area contributed by atoms with Gasteiger partial charge in [-0.2, -0.15) is 4.98 Å². The van der Waals surface area contributed by atoms with Gasteiger partial charge in [-0.3, -0.25) is 4.79 Å². The number of fused-ring (bicyclic) bond motifs is 1. The largest absolute Gasteiger partial charge is 0.369 e. The van der Waals surface area contributed by atoms with E-state index in [0.717, 1.165) is 48.6 Å². The zero-order chi connectivity index (χ0) is 21.6. The van der Waals surface area contributed by atoms with E-state index in [1.54, 1.807) is 0 Å². The van der Waals surface area contributed by atoms with Crippen LogP contribution in [0.4, 0.5) is 0 Å². The van der Waals surface area contributed by atoms with Gasteiger partial charge in [0.2, 0.25) is 0 Å². The number of nitrogens with zero attached hydrogens (tertiary/aromatic N) is 3. The Morgan fingerprint density at radius 1 is 1.23 bits per heavy atom. The van der Waals surface area contributed by atoms with E-state index in [0.29, 0.717) is 11.6 Å². The molecule has 1 atom stereocenters. The fourth-order valence-corrected chi connectivity index (χ4v) is 5.38. The van der Waals surface area contributed by atoms with Crippen LogP contribution in [-0.2, 0) is 18.4 Å². The van der Waals surface area contributed by atoms with Crippen molar-refractivity contribution in [2.75, 3.05) is 7.05 Å². The fourth-order valence-electron chi connectivity index (χ4n) is 5.38. The molecule has 1 aliphatic heterocycles. The van der Waals surface area contributed by atoms with Gasteiger partial charge in [-0.1, -0.05) is 55.8 Å². The minimum absolute atomic E-state index is 0.0210. The molecule has 1 aromatic heterocycles. The first-order valence-corrected chi connectivity index (χ1v) is 11.0. The van der Waals surface area contributed by atoms with Gasteiger partial charge in [0.1, 0.15) is 5.82 Å². The summed E-state index contributed by atoms with van der Waals surface area (Å²) >= 11 is 0. The molecular weight excluding hydrogens is 370 g/mol. The molecule has 1 saturated carbocycles. The van der Waals surface area contributed by atoms with Crippen molar-refractivity contribution in [2.24, 2.45) is 0 Å². The predicted molar refractivity (Wildman–Crippen MR) is 125 cm³/mol. The first-order chi connectivity index (χ1) is 14.3. The SMILES string of the molecule is C=Cc1cc(C)cc(C2(Cc3nc(=O)c(C)c4n3CC(C)N(C)C4=C)CCCC2)c1. The monoisotopic (exact) mass is 403 g/mol. The van der Waals surface area contributed by atoms with Gasteiger partial charge < -0.3 is 9.47 Å². The molecule has 158 valence electrons. The van der Waals surface area contributed by atoms with Crippen LogP contribution in [0.5, 0.6) is 0 Å². The summed E-state index contributed by atoms with van der Waals surface area (Å²) in [5.74, 6) is 0.908. The molecule has 0 N–H and O–H groups in total. The van der Waals surface area contributed by atoms with E-state index in [2.05, 4.69) is 66.7 Å². The van der Waals surface area contributed by atoms with Crippen LogP contribution in [0.2, 0.25) is 0 Å². The zero-order valence-electron chi connectivity index (χ0n) is 18.8. The topological polar surface area (TPSA) is 38.1 Å². The van der Waals surface area contributed by atoms with Crippen molar-refractivity contribution in [3.8, 4) is 0 Å². The van der Waals surface area contributed by atoms with Gasteiger partial charge in [0.15, 0.2) is 0 Å². The molecule has 2 aromatic rings. The Kier molecular flexibility index (Phi) is 5.21. The lowest BCUT2D eigenvalue weighted by Crippen LogP contribution is -2.42. The number of rotatable bonds is 4. The molecule has 30 heavy (non-hydrogen) atoms. The molecule has 1 fully saturated rings. The lowest BCUT2D eigenvalue weighted by molar-refractivity contribution is 0.293. The molecule has 4 nitrogen and oxygen atoms in total. The van der Waals surface area contributed by atoms with Crippen LogP contribution in [-0.4, -0.2) is 27.5 Å². The molecule has 0 spiro atoms. The van der Waals surface area contributed by atoms with Crippen molar-refractivity contribution in [1.29, 1.82) is 0 Å². The lowest BCUT2D eigenvalue weighted by atomic mass is 9.74. The third-order valence-corrected chi connectivity index (χ3v) is 7.30. The lowest BCUT2D eigenvalue weighted by Gasteiger charge is -2.39. The average Bonchev–Trinajstić information content (AvgIpc) is 3.19. The van der Waals surface area contributed by atoms with E-state index in [-0.39, 0.29) is 11.0 Å². The molecular formula is C26H33N3O. The van der Waals surface area contributed by atoms with Crippen LogP contribution in [0.3, 0.4) is 0 Å². The third-order valence-electron chi connectivity index (χ3n) is 7.30. The van der Waals surface area contributed by atoms with Crippen molar-refractivity contribution in [2.45, 2.75) is 70.9 Å². The first-order valence-electron chi connectivity index (χ1n) is 11.0. The molecule has 1 unspecified atom stereocenters. The van der Waals surface area contributed by atoms with Gasteiger partial charge in [0, 0.05) is 37.0 Å². The second-order valence-electron chi connectivity index (χ2n) is 9.32. The summed E-state index contributed by atoms with van der Waals surface area (Å²) in [6.07, 6.45) is 7.40. The van der Waals surface area contributed by atoms with Crippen molar-refractivity contribution in [3.63, 3.8) is 0 Å². The summed E-state index contributed by atoms with van der Waals surface area (Å²) < 4.78 is 2.27.